The minimum absolute atomic E-state index is 0.126. The van der Waals surface area contributed by atoms with Crippen molar-refractivity contribution in [2.45, 2.75) is 51.0 Å². The topological polar surface area (TPSA) is 84.5 Å². The molecule has 2 aromatic carbocycles. The maximum atomic E-state index is 12.3. The van der Waals surface area contributed by atoms with Crippen molar-refractivity contribution in [2.24, 2.45) is 0 Å². The second-order valence-corrected chi connectivity index (χ2v) is 8.70. The maximum absolute atomic E-state index is 12.3. The van der Waals surface area contributed by atoms with Gasteiger partial charge in [0.05, 0.1) is 4.90 Å². The number of sulfonamides is 1. The average Bonchev–Trinajstić information content (AvgIpc) is 2.66. The predicted octanol–water partition coefficient (Wildman–Crippen LogP) is 3.90. The Morgan fingerprint density at radius 3 is 2.29 bits per heavy atom. The van der Waals surface area contributed by atoms with Crippen LogP contribution in [0.1, 0.15) is 45.6 Å². The number of ether oxygens (including phenoxy) is 1. The van der Waals surface area contributed by atoms with Crippen LogP contribution in [0, 0.1) is 0 Å². The van der Waals surface area contributed by atoms with Crippen LogP contribution in [0.4, 0.5) is 5.69 Å². The van der Waals surface area contributed by atoms with Gasteiger partial charge < -0.3 is 10.1 Å². The van der Waals surface area contributed by atoms with Crippen LogP contribution in [0.2, 0.25) is 0 Å². The zero-order valence-corrected chi connectivity index (χ0v) is 17.5. The Bertz CT molecular complexity index is 893. The Labute approximate surface area is 167 Å². The summed E-state index contributed by atoms with van der Waals surface area (Å²) in [5, 5.41) is 2.71. The minimum atomic E-state index is -3.56. The van der Waals surface area contributed by atoms with Crippen LogP contribution in [0.3, 0.4) is 0 Å². The SMILES string of the molecule is CCC(C)NS(=O)(=O)c1ccc(NC(=O)COc2ccccc2C(C)C)cc1. The molecule has 7 heteroatoms. The Kier molecular flexibility index (Phi) is 7.60. The van der Waals surface area contributed by atoms with E-state index in [0.29, 0.717) is 17.9 Å². The van der Waals surface area contributed by atoms with Crippen LogP contribution in [0.5, 0.6) is 5.75 Å². The van der Waals surface area contributed by atoms with Gasteiger partial charge in [0.25, 0.3) is 5.91 Å². The average molecular weight is 405 g/mol. The number of hydrogen-bond acceptors (Lipinski definition) is 4. The first-order valence-corrected chi connectivity index (χ1v) is 10.8. The summed E-state index contributed by atoms with van der Waals surface area (Å²) in [5.41, 5.74) is 1.55. The van der Waals surface area contributed by atoms with Gasteiger partial charge in [-0.2, -0.15) is 0 Å². The lowest BCUT2D eigenvalue weighted by Gasteiger charge is -2.14. The van der Waals surface area contributed by atoms with Gasteiger partial charge in [0, 0.05) is 11.7 Å². The zero-order chi connectivity index (χ0) is 20.7. The van der Waals surface area contributed by atoms with Gasteiger partial charge in [-0.25, -0.2) is 13.1 Å². The molecular weight excluding hydrogens is 376 g/mol. The van der Waals surface area contributed by atoms with E-state index in [4.69, 9.17) is 4.74 Å². The molecule has 1 amide bonds. The molecule has 0 aliphatic heterocycles. The fourth-order valence-corrected chi connectivity index (χ4v) is 3.89. The van der Waals surface area contributed by atoms with Gasteiger partial charge in [-0.05, 0) is 55.2 Å². The summed E-state index contributed by atoms with van der Waals surface area (Å²) >= 11 is 0. The quantitative estimate of drug-likeness (QED) is 0.664. The molecule has 0 radical (unpaired) electrons. The first-order valence-electron chi connectivity index (χ1n) is 9.37. The van der Waals surface area contributed by atoms with E-state index in [0.717, 1.165) is 5.56 Å². The van der Waals surface area contributed by atoms with Crippen LogP contribution in [-0.2, 0) is 14.8 Å². The standard InChI is InChI=1S/C21H28N2O4S/c1-5-16(4)23-28(25,26)18-12-10-17(11-13-18)22-21(24)14-27-20-9-7-6-8-19(20)15(2)3/h6-13,15-16,23H,5,14H2,1-4H3,(H,22,24). The molecule has 28 heavy (non-hydrogen) atoms. The van der Waals surface area contributed by atoms with Crippen molar-refractivity contribution in [1.29, 1.82) is 0 Å². The van der Waals surface area contributed by atoms with E-state index in [9.17, 15) is 13.2 Å². The summed E-state index contributed by atoms with van der Waals surface area (Å²) in [7, 11) is -3.56. The molecule has 0 aromatic heterocycles. The van der Waals surface area contributed by atoms with E-state index >= 15 is 0 Å². The predicted molar refractivity (Wildman–Crippen MR) is 111 cm³/mol. The summed E-state index contributed by atoms with van der Waals surface area (Å²) in [5.74, 6) is 0.662. The van der Waals surface area contributed by atoms with E-state index in [1.165, 1.54) is 12.1 Å². The lowest BCUT2D eigenvalue weighted by Crippen LogP contribution is -2.32. The molecule has 1 unspecified atom stereocenters. The van der Waals surface area contributed by atoms with Crippen LogP contribution < -0.4 is 14.8 Å². The molecular formula is C21H28N2O4S. The molecule has 1 atom stereocenters. The number of benzene rings is 2. The highest BCUT2D eigenvalue weighted by Crippen LogP contribution is 2.25. The third-order valence-corrected chi connectivity index (χ3v) is 5.92. The number of anilines is 1. The molecule has 6 nitrogen and oxygen atoms in total. The van der Waals surface area contributed by atoms with E-state index in [1.807, 2.05) is 38.1 Å². The highest BCUT2D eigenvalue weighted by molar-refractivity contribution is 7.89. The molecule has 2 aromatic rings. The van der Waals surface area contributed by atoms with E-state index in [2.05, 4.69) is 23.9 Å². The first-order chi connectivity index (χ1) is 13.2. The number of para-hydroxylation sites is 1. The number of carbonyl (C=O) groups excluding carboxylic acids is 1. The van der Waals surface area contributed by atoms with Gasteiger partial charge >= 0.3 is 0 Å². The highest BCUT2D eigenvalue weighted by Gasteiger charge is 2.16. The van der Waals surface area contributed by atoms with Crippen LogP contribution >= 0.6 is 0 Å². The van der Waals surface area contributed by atoms with Crippen LogP contribution in [0.15, 0.2) is 53.4 Å². The molecule has 0 aliphatic carbocycles. The van der Waals surface area contributed by atoms with Crippen molar-refractivity contribution in [1.82, 2.24) is 4.72 Å². The zero-order valence-electron chi connectivity index (χ0n) is 16.7. The first kappa shape index (κ1) is 21.9. The lowest BCUT2D eigenvalue weighted by molar-refractivity contribution is -0.118. The summed E-state index contributed by atoms with van der Waals surface area (Å²) in [6.45, 7) is 7.72. The van der Waals surface area contributed by atoms with Gasteiger partial charge in [0.2, 0.25) is 10.0 Å². The van der Waals surface area contributed by atoms with Crippen molar-refractivity contribution >= 4 is 21.6 Å². The third kappa shape index (κ3) is 6.07. The summed E-state index contributed by atoms with van der Waals surface area (Å²) < 4.78 is 32.8. The number of rotatable bonds is 9. The lowest BCUT2D eigenvalue weighted by atomic mass is 10.0. The van der Waals surface area contributed by atoms with Crippen LogP contribution in [-0.4, -0.2) is 27.0 Å². The van der Waals surface area contributed by atoms with E-state index in [-0.39, 0.29) is 29.4 Å². The minimum Gasteiger partial charge on any atom is -0.483 e. The molecule has 2 rings (SSSR count). The molecule has 0 fully saturated rings. The fourth-order valence-electron chi connectivity index (χ4n) is 2.56. The van der Waals surface area contributed by atoms with E-state index in [1.54, 1.807) is 12.1 Å². The largest absolute Gasteiger partial charge is 0.483 e. The number of hydrogen-bond donors (Lipinski definition) is 2. The van der Waals surface area contributed by atoms with Crippen molar-refractivity contribution < 1.29 is 17.9 Å². The monoisotopic (exact) mass is 404 g/mol. The summed E-state index contributed by atoms with van der Waals surface area (Å²) in [6.07, 6.45) is 0.702. The van der Waals surface area contributed by atoms with Crippen molar-refractivity contribution in [3.63, 3.8) is 0 Å². The normalized spacial score (nSPS) is 12.6. The Balaban J connectivity index is 1.96. The third-order valence-electron chi connectivity index (χ3n) is 4.32. The molecule has 0 bridgehead atoms. The Morgan fingerprint density at radius 1 is 1.04 bits per heavy atom. The molecule has 0 heterocycles. The van der Waals surface area contributed by atoms with E-state index < -0.39 is 10.0 Å². The fraction of sp³-hybridized carbons (Fsp3) is 0.381. The van der Waals surface area contributed by atoms with Gasteiger partial charge in [0.15, 0.2) is 6.61 Å². The van der Waals surface area contributed by atoms with Crippen molar-refractivity contribution in [2.75, 3.05) is 11.9 Å². The van der Waals surface area contributed by atoms with Crippen LogP contribution in [0.25, 0.3) is 0 Å². The second-order valence-electron chi connectivity index (χ2n) is 6.98. The van der Waals surface area contributed by atoms with Crippen molar-refractivity contribution in [3.8, 4) is 5.75 Å². The summed E-state index contributed by atoms with van der Waals surface area (Å²) in [6, 6.07) is 13.5. The highest BCUT2D eigenvalue weighted by atomic mass is 32.2. The number of carbonyl (C=O) groups is 1. The molecule has 0 saturated carbocycles. The molecule has 0 aliphatic rings. The second kappa shape index (κ2) is 9.71. The van der Waals surface area contributed by atoms with Gasteiger partial charge in [-0.15, -0.1) is 0 Å². The molecule has 0 saturated heterocycles. The smallest absolute Gasteiger partial charge is 0.262 e. The summed E-state index contributed by atoms with van der Waals surface area (Å²) in [4.78, 5) is 12.3. The Hall–Kier alpha value is -2.38. The number of nitrogens with one attached hydrogen (secondary N) is 2. The Morgan fingerprint density at radius 2 is 1.68 bits per heavy atom. The van der Waals surface area contributed by atoms with Gasteiger partial charge in [-0.3, -0.25) is 4.79 Å². The maximum Gasteiger partial charge on any atom is 0.262 e. The number of amides is 1. The van der Waals surface area contributed by atoms with Crippen molar-refractivity contribution in [3.05, 3.63) is 54.1 Å². The van der Waals surface area contributed by atoms with Gasteiger partial charge in [-0.1, -0.05) is 39.0 Å². The molecule has 152 valence electrons. The van der Waals surface area contributed by atoms with Gasteiger partial charge in [0.1, 0.15) is 5.75 Å². The molecule has 0 spiro atoms. The molecule has 2 N–H and O–H groups in total.